The van der Waals surface area contributed by atoms with Gasteiger partial charge < -0.3 is 10.6 Å². The number of likely N-dealkylation sites (tertiary alicyclic amines) is 1. The van der Waals surface area contributed by atoms with E-state index < -0.39 is 36.7 Å². The number of anilines is 1. The van der Waals surface area contributed by atoms with Gasteiger partial charge in [-0.3, -0.25) is 4.79 Å². The van der Waals surface area contributed by atoms with E-state index in [2.05, 4.69) is 0 Å². The van der Waals surface area contributed by atoms with Crippen molar-refractivity contribution in [2.24, 2.45) is 0 Å². The topological polar surface area (TPSA) is 46.3 Å². The number of nitrogens with zero attached hydrogens (tertiary/aromatic N) is 1. The summed E-state index contributed by atoms with van der Waals surface area (Å²) in [7, 11) is 0. The van der Waals surface area contributed by atoms with Crippen LogP contribution in [0, 0.1) is 0 Å². The van der Waals surface area contributed by atoms with Crippen LogP contribution in [0.4, 0.5) is 27.6 Å². The maximum Gasteiger partial charge on any atom is 0.416 e. The van der Waals surface area contributed by atoms with E-state index in [4.69, 9.17) is 5.73 Å². The lowest BCUT2D eigenvalue weighted by Gasteiger charge is -2.38. The Morgan fingerprint density at radius 2 is 1.79 bits per heavy atom. The molecule has 0 radical (unpaired) electrons. The monoisotopic (exact) mass is 280 g/mol. The molecule has 104 valence electrons. The van der Waals surface area contributed by atoms with Gasteiger partial charge in [-0.05, 0) is 18.2 Å². The highest BCUT2D eigenvalue weighted by Crippen LogP contribution is 2.33. The summed E-state index contributed by atoms with van der Waals surface area (Å²) in [5.74, 6) is -3.85. The lowest BCUT2D eigenvalue weighted by atomic mass is 10.0. The zero-order chi connectivity index (χ0) is 14.4. The van der Waals surface area contributed by atoms with Crippen LogP contribution in [0.2, 0.25) is 0 Å². The fourth-order valence-electron chi connectivity index (χ4n) is 1.78. The minimum absolute atomic E-state index is 0.245. The van der Waals surface area contributed by atoms with Crippen molar-refractivity contribution < 1.29 is 26.7 Å². The van der Waals surface area contributed by atoms with Gasteiger partial charge in [-0.2, -0.15) is 13.2 Å². The third kappa shape index (κ3) is 2.77. The Hall–Kier alpha value is -1.86. The highest BCUT2D eigenvalue weighted by molar-refractivity contribution is 5.96. The van der Waals surface area contributed by atoms with Gasteiger partial charge in [0, 0.05) is 11.3 Å². The highest BCUT2D eigenvalue weighted by Gasteiger charge is 2.46. The summed E-state index contributed by atoms with van der Waals surface area (Å²) in [4.78, 5) is 12.5. The number of hydrogen-bond donors (Lipinski definition) is 1. The largest absolute Gasteiger partial charge is 0.416 e. The third-order valence-corrected chi connectivity index (χ3v) is 2.66. The fourth-order valence-corrected chi connectivity index (χ4v) is 1.78. The average Bonchev–Trinajstić information content (AvgIpc) is 2.22. The molecular formula is C11H9F5N2O. The molecule has 1 heterocycles. The van der Waals surface area contributed by atoms with Gasteiger partial charge in [0.1, 0.15) is 0 Å². The molecule has 1 aliphatic rings. The molecule has 3 nitrogen and oxygen atoms in total. The number of nitrogen functional groups attached to an aromatic ring is 1. The van der Waals surface area contributed by atoms with Crippen LogP contribution in [0.15, 0.2) is 18.2 Å². The number of halogens is 5. The first kappa shape index (κ1) is 13.6. The van der Waals surface area contributed by atoms with E-state index in [0.29, 0.717) is 12.1 Å². The maximum absolute atomic E-state index is 12.6. The molecule has 8 heteroatoms. The van der Waals surface area contributed by atoms with Crippen molar-refractivity contribution >= 4 is 11.6 Å². The first-order chi connectivity index (χ1) is 8.58. The van der Waals surface area contributed by atoms with E-state index in [9.17, 15) is 26.7 Å². The van der Waals surface area contributed by atoms with Crippen molar-refractivity contribution in [2.45, 2.75) is 12.1 Å². The molecular weight excluding hydrogens is 271 g/mol. The Labute approximate surface area is 104 Å². The van der Waals surface area contributed by atoms with Gasteiger partial charge >= 0.3 is 6.18 Å². The molecule has 1 amide bonds. The summed E-state index contributed by atoms with van der Waals surface area (Å²) >= 11 is 0. The zero-order valence-electron chi connectivity index (χ0n) is 9.47. The summed E-state index contributed by atoms with van der Waals surface area (Å²) < 4.78 is 62.8. The van der Waals surface area contributed by atoms with E-state index in [1.54, 1.807) is 0 Å². The van der Waals surface area contributed by atoms with Gasteiger partial charge in [0.25, 0.3) is 11.8 Å². The first-order valence-electron chi connectivity index (χ1n) is 5.23. The van der Waals surface area contributed by atoms with E-state index in [1.165, 1.54) is 0 Å². The van der Waals surface area contributed by atoms with Crippen molar-refractivity contribution in [2.75, 3.05) is 18.8 Å². The molecule has 0 bridgehead atoms. The summed E-state index contributed by atoms with van der Waals surface area (Å²) in [6, 6.07) is 2.32. The summed E-state index contributed by atoms with van der Waals surface area (Å²) in [5, 5.41) is 0. The van der Waals surface area contributed by atoms with Gasteiger partial charge in [0.05, 0.1) is 18.7 Å². The molecule has 1 aromatic rings. The first-order valence-corrected chi connectivity index (χ1v) is 5.23. The van der Waals surface area contributed by atoms with Gasteiger partial charge in [-0.1, -0.05) is 0 Å². The lowest BCUT2D eigenvalue weighted by Crippen LogP contribution is -2.58. The fraction of sp³-hybridized carbons (Fsp3) is 0.364. The number of alkyl halides is 5. The Morgan fingerprint density at radius 3 is 2.26 bits per heavy atom. The summed E-state index contributed by atoms with van der Waals surface area (Å²) in [5.41, 5.74) is 3.62. The Kier molecular flexibility index (Phi) is 2.91. The third-order valence-electron chi connectivity index (χ3n) is 2.66. The second-order valence-electron chi connectivity index (χ2n) is 4.36. The van der Waals surface area contributed by atoms with Crippen molar-refractivity contribution in [1.82, 2.24) is 4.90 Å². The van der Waals surface area contributed by atoms with Crippen molar-refractivity contribution in [3.63, 3.8) is 0 Å². The molecule has 0 unspecified atom stereocenters. The van der Waals surface area contributed by atoms with E-state index in [1.807, 2.05) is 0 Å². The average molecular weight is 280 g/mol. The second kappa shape index (κ2) is 4.07. The number of hydrogen-bond acceptors (Lipinski definition) is 2. The van der Waals surface area contributed by atoms with Crippen molar-refractivity contribution in [3.05, 3.63) is 29.3 Å². The predicted octanol–water partition coefficient (Wildman–Crippen LogP) is 2.38. The van der Waals surface area contributed by atoms with Gasteiger partial charge in [-0.25, -0.2) is 8.78 Å². The lowest BCUT2D eigenvalue weighted by molar-refractivity contribution is -0.137. The van der Waals surface area contributed by atoms with Crippen LogP contribution in [0.3, 0.4) is 0 Å². The minimum atomic E-state index is -4.65. The molecule has 0 saturated carbocycles. The van der Waals surface area contributed by atoms with Crippen LogP contribution in [-0.2, 0) is 6.18 Å². The number of rotatable bonds is 1. The normalized spacial score (nSPS) is 18.1. The SMILES string of the molecule is Nc1cc(C(=O)N2CC(F)(F)C2)cc(C(F)(F)F)c1. The zero-order valence-corrected chi connectivity index (χ0v) is 9.47. The molecule has 0 aliphatic carbocycles. The van der Waals surface area contributed by atoms with Gasteiger partial charge in [0.15, 0.2) is 0 Å². The standard InChI is InChI=1S/C11H9F5N2O/c12-10(13)4-18(5-10)9(19)6-1-7(11(14,15)16)3-8(17)2-6/h1-3H,4-5,17H2. The molecule has 19 heavy (non-hydrogen) atoms. The Morgan fingerprint density at radius 1 is 1.21 bits per heavy atom. The number of benzene rings is 1. The molecule has 1 aromatic carbocycles. The quantitative estimate of drug-likeness (QED) is 0.634. The highest BCUT2D eigenvalue weighted by atomic mass is 19.4. The van der Waals surface area contributed by atoms with E-state index in [0.717, 1.165) is 11.0 Å². The van der Waals surface area contributed by atoms with Crippen molar-refractivity contribution in [3.8, 4) is 0 Å². The molecule has 2 N–H and O–H groups in total. The van der Waals surface area contributed by atoms with Crippen LogP contribution in [0.5, 0.6) is 0 Å². The molecule has 0 atom stereocenters. The molecule has 1 fully saturated rings. The Balaban J connectivity index is 2.26. The molecule has 2 rings (SSSR count). The van der Waals surface area contributed by atoms with Gasteiger partial charge in [-0.15, -0.1) is 0 Å². The van der Waals surface area contributed by atoms with Crippen LogP contribution in [-0.4, -0.2) is 29.8 Å². The van der Waals surface area contributed by atoms with Crippen molar-refractivity contribution in [1.29, 1.82) is 0 Å². The summed E-state index contributed by atoms with van der Waals surface area (Å²) in [6.45, 7) is -1.58. The van der Waals surface area contributed by atoms with Crippen LogP contribution >= 0.6 is 0 Å². The predicted molar refractivity (Wildman–Crippen MR) is 56.7 cm³/mol. The smallest absolute Gasteiger partial charge is 0.399 e. The second-order valence-corrected chi connectivity index (χ2v) is 4.36. The maximum atomic E-state index is 12.6. The van der Waals surface area contributed by atoms with E-state index in [-0.39, 0.29) is 11.3 Å². The van der Waals surface area contributed by atoms with Gasteiger partial charge in [0.2, 0.25) is 0 Å². The summed E-state index contributed by atoms with van der Waals surface area (Å²) in [6.07, 6.45) is -4.65. The molecule has 1 saturated heterocycles. The minimum Gasteiger partial charge on any atom is -0.399 e. The number of amides is 1. The number of carbonyl (C=O) groups excluding carboxylic acids is 1. The van der Waals surface area contributed by atoms with Crippen LogP contribution in [0.25, 0.3) is 0 Å². The number of carbonyl (C=O) groups is 1. The Bertz CT molecular complexity index is 518. The molecule has 0 aromatic heterocycles. The van der Waals surface area contributed by atoms with E-state index >= 15 is 0 Å². The molecule has 0 spiro atoms. The number of nitrogens with two attached hydrogens (primary N) is 1. The molecule has 1 aliphatic heterocycles. The van der Waals surface area contributed by atoms with Crippen LogP contribution in [0.1, 0.15) is 15.9 Å². The van der Waals surface area contributed by atoms with Crippen LogP contribution < -0.4 is 5.73 Å².